The maximum atomic E-state index is 14.1. The number of methoxy groups -OCH3 is 3. The van der Waals surface area contributed by atoms with Crippen LogP contribution in [0.1, 0.15) is 87.0 Å². The van der Waals surface area contributed by atoms with Gasteiger partial charge in [0.15, 0.2) is 8.32 Å². The summed E-state index contributed by atoms with van der Waals surface area (Å²) in [6.07, 6.45) is -2.51. The minimum absolute atomic E-state index is 0.0152. The summed E-state index contributed by atoms with van der Waals surface area (Å²) in [5.74, 6) is 0.343. The van der Waals surface area contributed by atoms with Gasteiger partial charge in [-0.3, -0.25) is 9.64 Å². The van der Waals surface area contributed by atoms with Crippen LogP contribution in [-0.4, -0.2) is 71.0 Å². The maximum absolute atomic E-state index is 14.1. The van der Waals surface area contributed by atoms with Gasteiger partial charge in [0.05, 0.1) is 46.1 Å². The SMILES string of the molecule is [C-]#[N+][C@@H]1C[C@@H](O[Si](C)(C)C(C)(C)C)C(C)(C)[C@@H](CC(=O)[C@@H](C)[C@H](O)Cc2c(C)c(OCc3ccc(OC)cc3)cc(OCc3ccc(OC)cc3)c2C(=O)OC)O1. The number of benzene rings is 3. The molecule has 3 aromatic carbocycles. The minimum Gasteiger partial charge on any atom is -0.497 e. The zero-order valence-electron chi connectivity index (χ0n) is 35.7. The van der Waals surface area contributed by atoms with Gasteiger partial charge in [0, 0.05) is 30.2 Å². The van der Waals surface area contributed by atoms with Crippen molar-refractivity contribution in [2.75, 3.05) is 21.3 Å². The molecule has 0 spiro atoms. The lowest BCUT2D eigenvalue weighted by molar-refractivity contribution is -0.165. The van der Waals surface area contributed by atoms with E-state index >= 15 is 0 Å². The maximum Gasteiger partial charge on any atom is 0.341 e. The Hall–Kier alpha value is -4.41. The van der Waals surface area contributed by atoms with Gasteiger partial charge in [0.25, 0.3) is 0 Å². The summed E-state index contributed by atoms with van der Waals surface area (Å²) in [6, 6.07) is 16.5. The topological polar surface area (TPSA) is 123 Å². The molecule has 0 radical (unpaired) electrons. The molecule has 3 aromatic rings. The molecule has 11 nitrogen and oxygen atoms in total. The van der Waals surface area contributed by atoms with Crippen LogP contribution in [0.4, 0.5) is 0 Å². The minimum atomic E-state index is -2.22. The van der Waals surface area contributed by atoms with Crippen LogP contribution in [0.25, 0.3) is 4.85 Å². The highest BCUT2D eigenvalue weighted by molar-refractivity contribution is 6.74. The molecule has 0 aliphatic carbocycles. The van der Waals surface area contributed by atoms with Crippen LogP contribution in [0, 0.1) is 24.8 Å². The second kappa shape index (κ2) is 18.9. The second-order valence-corrected chi connectivity index (χ2v) is 21.7. The number of nitrogens with zero attached hydrogens (tertiary/aromatic N) is 1. The first kappa shape index (κ1) is 45.3. The monoisotopic (exact) mass is 803 g/mol. The number of carbonyl (C=O) groups excluding carboxylic acids is 2. The highest BCUT2D eigenvalue weighted by atomic mass is 28.4. The van der Waals surface area contributed by atoms with Gasteiger partial charge in [-0.15, -0.1) is 0 Å². The summed E-state index contributed by atoms with van der Waals surface area (Å²) in [4.78, 5) is 31.3. The van der Waals surface area contributed by atoms with E-state index in [0.717, 1.165) is 16.9 Å². The molecular weight excluding hydrogens is 743 g/mol. The molecule has 310 valence electrons. The second-order valence-electron chi connectivity index (χ2n) is 17.0. The number of Topliss-reactive ketones (excluding diaryl/α,β-unsaturated/α-hetero) is 1. The predicted octanol–water partition coefficient (Wildman–Crippen LogP) is 8.91. The quantitative estimate of drug-likeness (QED) is 0.0804. The summed E-state index contributed by atoms with van der Waals surface area (Å²) in [6.45, 7) is 26.6. The lowest BCUT2D eigenvalue weighted by Gasteiger charge is -2.49. The molecule has 0 amide bonds. The number of esters is 1. The van der Waals surface area contributed by atoms with Gasteiger partial charge in [0.1, 0.15) is 47.6 Å². The Morgan fingerprint density at radius 1 is 0.947 bits per heavy atom. The molecule has 0 unspecified atom stereocenters. The first-order valence-corrected chi connectivity index (χ1v) is 22.3. The van der Waals surface area contributed by atoms with E-state index in [0.29, 0.717) is 29.0 Å². The fraction of sp³-hybridized carbons (Fsp3) is 0.533. The van der Waals surface area contributed by atoms with E-state index in [1.54, 1.807) is 27.2 Å². The molecule has 0 aromatic heterocycles. The van der Waals surface area contributed by atoms with Crippen LogP contribution in [0.15, 0.2) is 54.6 Å². The van der Waals surface area contributed by atoms with Gasteiger partial charge in [-0.2, -0.15) is 0 Å². The highest BCUT2D eigenvalue weighted by Gasteiger charge is 2.52. The van der Waals surface area contributed by atoms with Crippen LogP contribution in [0.3, 0.4) is 0 Å². The highest BCUT2D eigenvalue weighted by Crippen LogP contribution is 2.46. The summed E-state index contributed by atoms with van der Waals surface area (Å²) in [5, 5.41) is 11.8. The van der Waals surface area contributed by atoms with Gasteiger partial charge < -0.3 is 38.0 Å². The lowest BCUT2D eigenvalue weighted by Crippen LogP contribution is -2.56. The molecule has 1 fully saturated rings. The molecule has 1 aliphatic heterocycles. The Morgan fingerprint density at radius 2 is 1.47 bits per heavy atom. The van der Waals surface area contributed by atoms with Crippen LogP contribution >= 0.6 is 0 Å². The molecule has 1 aliphatic rings. The van der Waals surface area contributed by atoms with Crippen molar-refractivity contribution >= 4 is 20.1 Å². The van der Waals surface area contributed by atoms with E-state index in [1.807, 2.05) is 69.3 Å². The van der Waals surface area contributed by atoms with Gasteiger partial charge >= 0.3 is 12.2 Å². The number of hydrogen-bond donors (Lipinski definition) is 1. The average Bonchev–Trinajstić information content (AvgIpc) is 3.18. The smallest absolute Gasteiger partial charge is 0.341 e. The molecule has 0 bridgehead atoms. The normalized spacial score (nSPS) is 19.1. The number of aliphatic hydroxyl groups is 1. The van der Waals surface area contributed by atoms with E-state index in [1.165, 1.54) is 7.11 Å². The van der Waals surface area contributed by atoms with Gasteiger partial charge in [-0.05, 0) is 71.6 Å². The van der Waals surface area contributed by atoms with Crippen molar-refractivity contribution in [3.63, 3.8) is 0 Å². The number of rotatable bonds is 17. The molecule has 1 heterocycles. The number of ketones is 1. The molecule has 12 heteroatoms. The van der Waals surface area contributed by atoms with E-state index in [-0.39, 0.29) is 54.3 Å². The Morgan fingerprint density at radius 3 is 1.95 bits per heavy atom. The van der Waals surface area contributed by atoms with E-state index < -0.39 is 44.1 Å². The summed E-state index contributed by atoms with van der Waals surface area (Å²) >= 11 is 0. The molecule has 0 saturated carbocycles. The van der Waals surface area contributed by atoms with Crippen molar-refractivity contribution < 1.29 is 47.5 Å². The van der Waals surface area contributed by atoms with Crippen molar-refractivity contribution in [2.24, 2.45) is 11.3 Å². The van der Waals surface area contributed by atoms with Gasteiger partial charge in [-0.25, -0.2) is 11.4 Å². The molecule has 1 N–H and O–H groups in total. The Kier molecular flexibility index (Phi) is 15.0. The van der Waals surface area contributed by atoms with E-state index in [2.05, 4.69) is 38.7 Å². The Labute approximate surface area is 339 Å². The Bertz CT molecular complexity index is 1880. The zero-order valence-corrected chi connectivity index (χ0v) is 36.7. The zero-order chi connectivity index (χ0) is 42.3. The third-order valence-corrected chi connectivity index (χ3v) is 16.3. The van der Waals surface area contributed by atoms with Crippen molar-refractivity contribution in [3.8, 4) is 23.0 Å². The first-order valence-electron chi connectivity index (χ1n) is 19.4. The third kappa shape index (κ3) is 11.0. The standard InChI is InChI=1S/C45H61NO10Si/c1-28-34(22-35(47)29(2)36(48)23-39-45(6,7)40(25-41(46-8)55-39)56-57(12,13)44(3,4)5)42(43(49)52-11)38(54-27-31-16-20-33(51-10)21-17-31)24-37(28)53-26-30-14-18-32(50-9)19-15-30/h14-21,24,29,35,39-41,47H,22-23,25-27H2,1-7,9-13H3/t29-,35+,39+,40+,41-/m0/s1. The van der Waals surface area contributed by atoms with Crippen molar-refractivity contribution in [2.45, 2.75) is 124 Å². The molecule has 1 saturated heterocycles. The van der Waals surface area contributed by atoms with Gasteiger partial charge in [-0.1, -0.05) is 65.8 Å². The molecule has 4 rings (SSSR count). The summed E-state index contributed by atoms with van der Waals surface area (Å²) in [7, 11) is 2.26. The first-order chi connectivity index (χ1) is 26.8. The fourth-order valence-electron chi connectivity index (χ4n) is 6.61. The van der Waals surface area contributed by atoms with Crippen molar-refractivity contribution in [1.29, 1.82) is 0 Å². The fourth-order valence-corrected chi connectivity index (χ4v) is 8.07. The summed E-state index contributed by atoms with van der Waals surface area (Å²) in [5.41, 5.74) is 2.31. The molecule has 57 heavy (non-hydrogen) atoms. The number of carbonyl (C=O) groups is 2. The van der Waals surface area contributed by atoms with Crippen molar-refractivity contribution in [1.82, 2.24) is 0 Å². The number of hydrogen-bond acceptors (Lipinski definition) is 10. The number of aliphatic hydroxyl groups excluding tert-OH is 1. The van der Waals surface area contributed by atoms with Crippen LogP contribution in [0.5, 0.6) is 23.0 Å². The predicted molar refractivity (Wildman–Crippen MR) is 221 cm³/mol. The Balaban J connectivity index is 1.65. The third-order valence-electron chi connectivity index (χ3n) is 11.8. The summed E-state index contributed by atoms with van der Waals surface area (Å²) < 4.78 is 41.6. The average molecular weight is 804 g/mol. The van der Waals surface area contributed by atoms with Gasteiger partial charge in [0.2, 0.25) is 0 Å². The number of ether oxygens (including phenoxy) is 6. The largest absolute Gasteiger partial charge is 0.497 e. The van der Waals surface area contributed by atoms with E-state index in [4.69, 9.17) is 39.4 Å². The van der Waals surface area contributed by atoms with Crippen LogP contribution in [0.2, 0.25) is 18.1 Å². The van der Waals surface area contributed by atoms with E-state index in [9.17, 15) is 14.7 Å². The van der Waals surface area contributed by atoms with Crippen LogP contribution < -0.4 is 18.9 Å². The molecular formula is C45H61NO10Si. The molecule has 5 atom stereocenters. The van der Waals surface area contributed by atoms with Crippen LogP contribution in [-0.2, 0) is 38.3 Å². The van der Waals surface area contributed by atoms with Crippen molar-refractivity contribution in [3.05, 3.63) is 93.8 Å². The lowest BCUT2D eigenvalue weighted by atomic mass is 9.74.